The summed E-state index contributed by atoms with van der Waals surface area (Å²) in [4.78, 5) is 2.40. The first-order valence-corrected chi connectivity index (χ1v) is 8.29. The lowest BCUT2D eigenvalue weighted by Crippen LogP contribution is -2.35. The third kappa shape index (κ3) is 3.50. The topological polar surface area (TPSA) is 61.5 Å². The summed E-state index contributed by atoms with van der Waals surface area (Å²) in [6.45, 7) is 6.93. The predicted octanol–water partition coefficient (Wildman–Crippen LogP) is 3.11. The highest BCUT2D eigenvalue weighted by molar-refractivity contribution is 5.70. The van der Waals surface area contributed by atoms with E-state index >= 15 is 0 Å². The molecule has 2 aromatic rings. The molecule has 1 aromatic heterocycles. The summed E-state index contributed by atoms with van der Waals surface area (Å²) in [5.41, 5.74) is 4.43. The molecule has 1 fully saturated rings. The monoisotopic (exact) mass is 315 g/mol. The van der Waals surface area contributed by atoms with Gasteiger partial charge in [0.05, 0.1) is 17.1 Å². The first-order valence-electron chi connectivity index (χ1n) is 8.29. The maximum atomic E-state index is 9.30. The molecular formula is C18H25N3O2. The van der Waals surface area contributed by atoms with Crippen LogP contribution < -0.4 is 10.2 Å². The van der Waals surface area contributed by atoms with Gasteiger partial charge in [-0.15, -0.1) is 0 Å². The lowest BCUT2D eigenvalue weighted by Gasteiger charge is -2.34. The molecule has 2 N–H and O–H groups in total. The molecule has 0 spiro atoms. The van der Waals surface area contributed by atoms with Gasteiger partial charge in [-0.1, -0.05) is 17.3 Å². The number of aryl methyl sites for hydroxylation is 2. The molecule has 0 radical (unpaired) electrons. The van der Waals surface area contributed by atoms with Crippen molar-refractivity contribution in [3.05, 3.63) is 41.3 Å². The smallest absolute Gasteiger partial charge is 0.138 e. The van der Waals surface area contributed by atoms with Gasteiger partial charge >= 0.3 is 0 Å². The van der Waals surface area contributed by atoms with Crippen LogP contribution in [0.3, 0.4) is 0 Å². The van der Waals surface area contributed by atoms with Crippen molar-refractivity contribution in [2.45, 2.75) is 33.2 Å². The van der Waals surface area contributed by atoms with Crippen molar-refractivity contribution in [3.63, 3.8) is 0 Å². The summed E-state index contributed by atoms with van der Waals surface area (Å²) in [5, 5.41) is 16.8. The van der Waals surface area contributed by atoms with E-state index in [1.807, 2.05) is 13.8 Å². The lowest BCUT2D eigenvalue weighted by atomic mass is 9.97. The van der Waals surface area contributed by atoms with Crippen LogP contribution in [-0.2, 0) is 6.54 Å². The van der Waals surface area contributed by atoms with Gasteiger partial charge < -0.3 is 19.8 Å². The number of para-hydroxylation sites is 2. The first-order chi connectivity index (χ1) is 11.2. The van der Waals surface area contributed by atoms with Crippen molar-refractivity contribution in [3.8, 4) is 0 Å². The van der Waals surface area contributed by atoms with E-state index in [-0.39, 0.29) is 0 Å². The van der Waals surface area contributed by atoms with E-state index in [0.717, 1.165) is 48.6 Å². The molecule has 3 rings (SSSR count). The van der Waals surface area contributed by atoms with Crippen LogP contribution in [0, 0.1) is 19.8 Å². The largest absolute Gasteiger partial charge is 0.396 e. The third-order valence-electron chi connectivity index (χ3n) is 4.75. The van der Waals surface area contributed by atoms with Gasteiger partial charge in [-0.2, -0.15) is 0 Å². The zero-order valence-corrected chi connectivity index (χ0v) is 13.9. The van der Waals surface area contributed by atoms with Gasteiger partial charge in [-0.25, -0.2) is 0 Å². The average Bonchev–Trinajstić information content (AvgIpc) is 2.92. The minimum Gasteiger partial charge on any atom is -0.396 e. The van der Waals surface area contributed by atoms with Gasteiger partial charge in [0, 0.05) is 31.8 Å². The van der Waals surface area contributed by atoms with Gasteiger partial charge in [0.1, 0.15) is 5.76 Å². The van der Waals surface area contributed by atoms with Crippen molar-refractivity contribution in [1.82, 2.24) is 5.16 Å². The average molecular weight is 315 g/mol. The Morgan fingerprint density at radius 3 is 2.65 bits per heavy atom. The molecule has 2 heterocycles. The fraction of sp³-hybridized carbons (Fsp3) is 0.500. The zero-order valence-electron chi connectivity index (χ0n) is 13.9. The highest BCUT2D eigenvalue weighted by Gasteiger charge is 2.20. The van der Waals surface area contributed by atoms with E-state index < -0.39 is 0 Å². The fourth-order valence-electron chi connectivity index (χ4n) is 3.19. The van der Waals surface area contributed by atoms with Gasteiger partial charge in [-0.05, 0) is 44.7 Å². The second kappa shape index (κ2) is 7.04. The molecule has 0 saturated carbocycles. The van der Waals surface area contributed by atoms with E-state index in [4.69, 9.17) is 4.52 Å². The molecule has 0 bridgehead atoms. The standard InChI is InChI=1S/C18H25N3O2/c1-13-16(14(2)23-20-13)11-19-17-5-3-4-6-18(17)21-9-7-15(12-22)8-10-21/h3-6,15,19,22H,7-12H2,1-2H3. The quantitative estimate of drug-likeness (QED) is 0.888. The summed E-state index contributed by atoms with van der Waals surface area (Å²) < 4.78 is 5.23. The molecule has 5 heteroatoms. The second-order valence-corrected chi connectivity index (χ2v) is 6.29. The summed E-state index contributed by atoms with van der Waals surface area (Å²) in [5.74, 6) is 1.32. The van der Waals surface area contributed by atoms with Gasteiger partial charge in [0.15, 0.2) is 0 Å². The molecule has 1 aliphatic heterocycles. The van der Waals surface area contributed by atoms with Crippen molar-refractivity contribution in [2.75, 3.05) is 29.9 Å². The second-order valence-electron chi connectivity index (χ2n) is 6.29. The predicted molar refractivity (Wildman–Crippen MR) is 91.8 cm³/mol. The van der Waals surface area contributed by atoms with Gasteiger partial charge in [-0.3, -0.25) is 0 Å². The van der Waals surface area contributed by atoms with Crippen LogP contribution in [0.4, 0.5) is 11.4 Å². The molecule has 0 atom stereocenters. The Bertz CT molecular complexity index is 626. The number of aliphatic hydroxyl groups excluding tert-OH is 1. The Balaban J connectivity index is 1.71. The van der Waals surface area contributed by atoms with Crippen LogP contribution in [0.1, 0.15) is 29.9 Å². The van der Waals surface area contributed by atoms with Crippen LogP contribution >= 0.6 is 0 Å². The van der Waals surface area contributed by atoms with Crippen LogP contribution in [0.15, 0.2) is 28.8 Å². The summed E-state index contributed by atoms with van der Waals surface area (Å²) >= 11 is 0. The van der Waals surface area contributed by atoms with E-state index in [9.17, 15) is 5.11 Å². The van der Waals surface area contributed by atoms with Crippen LogP contribution in [0.2, 0.25) is 0 Å². The number of anilines is 2. The van der Waals surface area contributed by atoms with Crippen molar-refractivity contribution < 1.29 is 9.63 Å². The fourth-order valence-corrected chi connectivity index (χ4v) is 3.19. The number of rotatable bonds is 5. The minimum absolute atomic E-state index is 0.305. The molecule has 1 aliphatic rings. The van der Waals surface area contributed by atoms with E-state index in [1.165, 1.54) is 5.69 Å². The van der Waals surface area contributed by atoms with Gasteiger partial charge in [0.2, 0.25) is 0 Å². The number of hydrogen-bond donors (Lipinski definition) is 2. The Kier molecular flexibility index (Phi) is 4.86. The summed E-state index contributed by atoms with van der Waals surface area (Å²) in [7, 11) is 0. The number of aromatic nitrogens is 1. The number of aliphatic hydroxyl groups is 1. The Labute approximate surface area is 137 Å². The molecular weight excluding hydrogens is 290 g/mol. The number of nitrogens with one attached hydrogen (secondary N) is 1. The highest BCUT2D eigenvalue weighted by Crippen LogP contribution is 2.30. The Morgan fingerprint density at radius 1 is 1.26 bits per heavy atom. The van der Waals surface area contributed by atoms with E-state index in [0.29, 0.717) is 19.1 Å². The Hall–Kier alpha value is -2.01. The first kappa shape index (κ1) is 15.9. The Morgan fingerprint density at radius 2 is 2.00 bits per heavy atom. The van der Waals surface area contributed by atoms with E-state index in [2.05, 4.69) is 39.6 Å². The number of benzene rings is 1. The zero-order chi connectivity index (χ0) is 16.2. The SMILES string of the molecule is Cc1noc(C)c1CNc1ccccc1N1CCC(CO)CC1. The highest BCUT2D eigenvalue weighted by atomic mass is 16.5. The maximum Gasteiger partial charge on any atom is 0.138 e. The van der Waals surface area contributed by atoms with Crippen LogP contribution in [0.25, 0.3) is 0 Å². The number of hydrogen-bond acceptors (Lipinski definition) is 5. The normalized spacial score (nSPS) is 15.9. The van der Waals surface area contributed by atoms with E-state index in [1.54, 1.807) is 0 Å². The van der Waals surface area contributed by atoms with Crippen molar-refractivity contribution in [2.24, 2.45) is 5.92 Å². The van der Waals surface area contributed by atoms with Crippen molar-refractivity contribution in [1.29, 1.82) is 0 Å². The molecule has 0 amide bonds. The van der Waals surface area contributed by atoms with Crippen LogP contribution in [0.5, 0.6) is 0 Å². The molecule has 1 aromatic carbocycles. The van der Waals surface area contributed by atoms with Crippen LogP contribution in [-0.4, -0.2) is 30.0 Å². The molecule has 0 aliphatic carbocycles. The lowest BCUT2D eigenvalue weighted by molar-refractivity contribution is 0.203. The molecule has 23 heavy (non-hydrogen) atoms. The molecule has 124 valence electrons. The minimum atomic E-state index is 0.305. The van der Waals surface area contributed by atoms with Crippen molar-refractivity contribution >= 4 is 11.4 Å². The third-order valence-corrected chi connectivity index (χ3v) is 4.75. The molecule has 5 nitrogen and oxygen atoms in total. The molecule has 1 saturated heterocycles. The molecule has 0 unspecified atom stereocenters. The van der Waals surface area contributed by atoms with Gasteiger partial charge in [0.25, 0.3) is 0 Å². The number of piperidine rings is 1. The number of nitrogens with zero attached hydrogens (tertiary/aromatic N) is 2. The summed E-state index contributed by atoms with van der Waals surface area (Å²) in [6, 6.07) is 8.41. The summed E-state index contributed by atoms with van der Waals surface area (Å²) in [6.07, 6.45) is 2.10. The maximum absolute atomic E-state index is 9.30.